The van der Waals surface area contributed by atoms with Crippen LogP contribution in [0.3, 0.4) is 0 Å². The molecule has 2 heterocycles. The highest BCUT2D eigenvalue weighted by Crippen LogP contribution is 2.21. The van der Waals surface area contributed by atoms with Crippen LogP contribution in [-0.2, 0) is 7.05 Å². The summed E-state index contributed by atoms with van der Waals surface area (Å²) < 4.78 is 16.4. The van der Waals surface area contributed by atoms with E-state index in [0.717, 1.165) is 11.4 Å². The summed E-state index contributed by atoms with van der Waals surface area (Å²) in [7, 11) is 1.85. The zero-order chi connectivity index (χ0) is 13.4. The van der Waals surface area contributed by atoms with Crippen molar-refractivity contribution in [2.75, 3.05) is 5.73 Å². The molecule has 2 N–H and O–H groups in total. The highest BCUT2D eigenvalue weighted by Gasteiger charge is 2.09. The van der Waals surface area contributed by atoms with Crippen molar-refractivity contribution in [3.8, 4) is 17.1 Å². The van der Waals surface area contributed by atoms with Crippen LogP contribution in [0.1, 0.15) is 0 Å². The molecule has 1 aromatic carbocycles. The summed E-state index contributed by atoms with van der Waals surface area (Å²) in [5, 5.41) is 8.52. The van der Waals surface area contributed by atoms with Crippen molar-refractivity contribution in [2.24, 2.45) is 7.05 Å². The van der Waals surface area contributed by atoms with Gasteiger partial charge >= 0.3 is 0 Å². The van der Waals surface area contributed by atoms with E-state index in [1.165, 1.54) is 12.1 Å². The maximum absolute atomic E-state index is 13.0. The summed E-state index contributed by atoms with van der Waals surface area (Å²) in [6, 6.07) is 7.98. The monoisotopic (exact) mass is 257 g/mol. The fourth-order valence-electron chi connectivity index (χ4n) is 1.95. The second-order valence-corrected chi connectivity index (χ2v) is 4.19. The highest BCUT2D eigenvalue weighted by molar-refractivity contribution is 5.59. The number of nitrogen functional groups attached to an aromatic ring is 1. The molecule has 19 heavy (non-hydrogen) atoms. The molecule has 0 fully saturated rings. The lowest BCUT2D eigenvalue weighted by Gasteiger charge is -2.05. The fourth-order valence-corrected chi connectivity index (χ4v) is 1.95. The number of rotatable bonds is 2. The third-order valence-corrected chi connectivity index (χ3v) is 2.91. The lowest BCUT2D eigenvalue weighted by atomic mass is 10.2. The predicted molar refractivity (Wildman–Crippen MR) is 70.1 cm³/mol. The first-order valence-corrected chi connectivity index (χ1v) is 5.74. The van der Waals surface area contributed by atoms with Gasteiger partial charge in [-0.05, 0) is 30.3 Å². The Morgan fingerprint density at radius 1 is 1.21 bits per heavy atom. The van der Waals surface area contributed by atoms with Gasteiger partial charge < -0.3 is 5.73 Å². The minimum absolute atomic E-state index is 0.347. The fraction of sp³-hybridized carbons (Fsp3) is 0.0769. The zero-order valence-corrected chi connectivity index (χ0v) is 10.3. The first-order valence-electron chi connectivity index (χ1n) is 5.74. The van der Waals surface area contributed by atoms with Gasteiger partial charge in [0.15, 0.2) is 0 Å². The number of aryl methyl sites for hydroxylation is 1. The predicted octanol–water partition coefficient (Wildman–Crippen LogP) is 1.99. The van der Waals surface area contributed by atoms with Crippen LogP contribution in [-0.4, -0.2) is 19.6 Å². The highest BCUT2D eigenvalue weighted by atomic mass is 19.1. The summed E-state index contributed by atoms with van der Waals surface area (Å²) in [5.41, 5.74) is 8.47. The first kappa shape index (κ1) is 11.5. The van der Waals surface area contributed by atoms with Crippen LogP contribution in [0.25, 0.3) is 17.1 Å². The molecule has 3 aromatic rings. The van der Waals surface area contributed by atoms with Crippen LogP contribution in [0.2, 0.25) is 0 Å². The third kappa shape index (κ3) is 1.97. The van der Waals surface area contributed by atoms with Crippen molar-refractivity contribution >= 4 is 5.69 Å². The smallest absolute Gasteiger partial charge is 0.125 e. The molecule has 0 saturated carbocycles. The largest absolute Gasteiger partial charge is 0.397 e. The summed E-state index contributed by atoms with van der Waals surface area (Å²) >= 11 is 0. The standard InChI is InChI=1S/C13H12FN5/c1-18-13(4-6-16-18)11-5-7-19(17-11)12-3-2-9(14)8-10(12)15/h2-8H,15H2,1H3. The molecular formula is C13H12FN5. The Morgan fingerprint density at radius 2 is 2.05 bits per heavy atom. The van der Waals surface area contributed by atoms with Gasteiger partial charge in [0.2, 0.25) is 0 Å². The second kappa shape index (κ2) is 4.24. The van der Waals surface area contributed by atoms with Gasteiger partial charge in [0.05, 0.1) is 17.1 Å². The SMILES string of the molecule is Cn1nccc1-c1ccn(-c2ccc(F)cc2N)n1. The van der Waals surface area contributed by atoms with Gasteiger partial charge in [0.25, 0.3) is 0 Å². The molecule has 0 saturated heterocycles. The topological polar surface area (TPSA) is 61.7 Å². The molecule has 0 atom stereocenters. The van der Waals surface area contributed by atoms with Crippen LogP contribution in [0.5, 0.6) is 0 Å². The average Bonchev–Trinajstić information content (AvgIpc) is 2.97. The molecule has 0 aliphatic heterocycles. The summed E-state index contributed by atoms with van der Waals surface area (Å²) in [6.07, 6.45) is 3.49. The molecule has 0 amide bonds. The van der Waals surface area contributed by atoms with Crippen molar-refractivity contribution in [2.45, 2.75) is 0 Å². The number of anilines is 1. The number of nitrogens with zero attached hydrogens (tertiary/aromatic N) is 4. The number of halogens is 1. The van der Waals surface area contributed by atoms with E-state index in [2.05, 4.69) is 10.2 Å². The van der Waals surface area contributed by atoms with E-state index in [4.69, 9.17) is 5.73 Å². The van der Waals surface area contributed by atoms with E-state index in [1.54, 1.807) is 27.8 Å². The van der Waals surface area contributed by atoms with Gasteiger partial charge in [-0.3, -0.25) is 4.68 Å². The van der Waals surface area contributed by atoms with Gasteiger partial charge in [-0.15, -0.1) is 0 Å². The minimum atomic E-state index is -0.361. The Kier molecular flexibility index (Phi) is 2.56. The number of hydrogen-bond donors (Lipinski definition) is 1. The lowest BCUT2D eigenvalue weighted by molar-refractivity contribution is 0.628. The molecule has 0 radical (unpaired) electrons. The van der Waals surface area contributed by atoms with Crippen LogP contribution in [0.4, 0.5) is 10.1 Å². The average molecular weight is 257 g/mol. The van der Waals surface area contributed by atoms with E-state index in [0.29, 0.717) is 11.4 Å². The number of aromatic nitrogens is 4. The maximum atomic E-state index is 13.0. The molecule has 2 aromatic heterocycles. The molecule has 0 aliphatic carbocycles. The van der Waals surface area contributed by atoms with E-state index in [9.17, 15) is 4.39 Å². The van der Waals surface area contributed by atoms with Gasteiger partial charge in [0.1, 0.15) is 11.5 Å². The van der Waals surface area contributed by atoms with Crippen molar-refractivity contribution < 1.29 is 4.39 Å². The van der Waals surface area contributed by atoms with Gasteiger partial charge in [-0.1, -0.05) is 0 Å². The van der Waals surface area contributed by atoms with Gasteiger partial charge in [-0.25, -0.2) is 9.07 Å². The Hall–Kier alpha value is -2.63. The summed E-state index contributed by atoms with van der Waals surface area (Å²) in [4.78, 5) is 0. The second-order valence-electron chi connectivity index (χ2n) is 4.19. The number of nitrogens with two attached hydrogens (primary N) is 1. The van der Waals surface area contributed by atoms with Crippen molar-refractivity contribution in [1.29, 1.82) is 0 Å². The molecule has 0 spiro atoms. The summed E-state index contributed by atoms with van der Waals surface area (Å²) in [6.45, 7) is 0. The Labute approximate surface area is 109 Å². The molecule has 6 heteroatoms. The van der Waals surface area contributed by atoms with Crippen LogP contribution < -0.4 is 5.73 Å². The third-order valence-electron chi connectivity index (χ3n) is 2.91. The van der Waals surface area contributed by atoms with Crippen molar-refractivity contribution in [3.05, 3.63) is 48.5 Å². The zero-order valence-electron chi connectivity index (χ0n) is 10.3. The number of hydrogen-bond acceptors (Lipinski definition) is 3. The first-order chi connectivity index (χ1) is 9.15. The molecule has 5 nitrogen and oxygen atoms in total. The summed E-state index contributed by atoms with van der Waals surface area (Å²) in [5.74, 6) is -0.361. The van der Waals surface area contributed by atoms with E-state index in [1.807, 2.05) is 19.2 Å². The van der Waals surface area contributed by atoms with Crippen LogP contribution >= 0.6 is 0 Å². The normalized spacial score (nSPS) is 10.8. The molecule has 0 aliphatic rings. The quantitative estimate of drug-likeness (QED) is 0.714. The molecule has 3 rings (SSSR count). The van der Waals surface area contributed by atoms with E-state index >= 15 is 0 Å². The van der Waals surface area contributed by atoms with E-state index in [-0.39, 0.29) is 5.82 Å². The molecular weight excluding hydrogens is 245 g/mol. The Balaban J connectivity index is 2.04. The van der Waals surface area contributed by atoms with Crippen LogP contribution in [0.15, 0.2) is 42.7 Å². The lowest BCUT2D eigenvalue weighted by Crippen LogP contribution is -2.01. The molecule has 0 unspecified atom stereocenters. The maximum Gasteiger partial charge on any atom is 0.125 e. The minimum Gasteiger partial charge on any atom is -0.397 e. The Bertz CT molecular complexity index is 728. The number of benzene rings is 1. The molecule has 96 valence electrons. The van der Waals surface area contributed by atoms with Crippen LogP contribution in [0, 0.1) is 5.82 Å². The molecule has 0 bridgehead atoms. The van der Waals surface area contributed by atoms with Gasteiger partial charge in [-0.2, -0.15) is 10.2 Å². The van der Waals surface area contributed by atoms with Gasteiger partial charge in [0, 0.05) is 19.4 Å². The van der Waals surface area contributed by atoms with Crippen molar-refractivity contribution in [3.63, 3.8) is 0 Å². The van der Waals surface area contributed by atoms with E-state index < -0.39 is 0 Å². The van der Waals surface area contributed by atoms with Crippen molar-refractivity contribution in [1.82, 2.24) is 19.6 Å². The Morgan fingerprint density at radius 3 is 2.74 bits per heavy atom.